The van der Waals surface area contributed by atoms with Crippen LogP contribution in [0.15, 0.2) is 54.7 Å². The maximum atomic E-state index is 13.8. The molecule has 1 aromatic heterocycles. The Kier molecular flexibility index (Phi) is 7.87. The zero-order chi connectivity index (χ0) is 29.4. The molecule has 1 amide bonds. The molecule has 0 unspecified atom stereocenters. The second-order valence-corrected chi connectivity index (χ2v) is 10.0. The molecule has 1 aliphatic heterocycles. The molecule has 2 aromatic carbocycles. The normalized spacial score (nSPS) is 13.6. The van der Waals surface area contributed by atoms with Gasteiger partial charge >= 0.3 is 6.18 Å². The Labute approximate surface area is 225 Å². The van der Waals surface area contributed by atoms with Crippen LogP contribution in [0.25, 0.3) is 0 Å². The number of nitrogens with zero attached hydrogens (tertiary/aromatic N) is 2. The van der Waals surface area contributed by atoms with Crippen molar-refractivity contribution in [2.75, 3.05) is 4.90 Å². The van der Waals surface area contributed by atoms with Crippen LogP contribution in [0.5, 0.6) is 0 Å². The van der Waals surface area contributed by atoms with E-state index >= 15 is 0 Å². The average molecular weight is 563 g/mol. The minimum atomic E-state index is -4.58. The Balaban J connectivity index is 1.54. The fourth-order valence-corrected chi connectivity index (χ4v) is 4.41. The Morgan fingerprint density at radius 2 is 1.73 bits per heavy atom. The van der Waals surface area contributed by atoms with Crippen LogP contribution < -0.4 is 4.90 Å². The number of benzene rings is 2. The topological polar surface area (TPSA) is 67.3 Å². The van der Waals surface area contributed by atoms with Crippen LogP contribution in [0.3, 0.4) is 0 Å². The molecule has 0 saturated heterocycles. The third kappa shape index (κ3) is 6.24. The largest absolute Gasteiger partial charge is 0.416 e. The summed E-state index contributed by atoms with van der Waals surface area (Å²) in [6.07, 6.45) is -7.08. The lowest BCUT2D eigenvalue weighted by Crippen LogP contribution is -2.26. The highest BCUT2D eigenvalue weighted by Crippen LogP contribution is 2.35. The van der Waals surface area contributed by atoms with E-state index in [1.54, 1.807) is 12.1 Å². The van der Waals surface area contributed by atoms with Gasteiger partial charge in [-0.3, -0.25) is 19.4 Å². The maximum Gasteiger partial charge on any atom is 0.416 e. The van der Waals surface area contributed by atoms with Crippen molar-refractivity contribution < 1.29 is 40.7 Å². The number of aryl methyl sites for hydroxylation is 1. The number of halogens is 6. The third-order valence-corrected chi connectivity index (χ3v) is 6.61. The van der Waals surface area contributed by atoms with Crippen LogP contribution in [0, 0.1) is 0 Å². The molecular weight excluding hydrogens is 538 g/mol. The van der Waals surface area contributed by atoms with Crippen molar-refractivity contribution in [3.8, 4) is 0 Å². The lowest BCUT2D eigenvalue weighted by molar-refractivity contribution is -0.137. The molecule has 4 rings (SSSR count). The number of rotatable bonds is 9. The lowest BCUT2D eigenvalue weighted by Gasteiger charge is -2.17. The van der Waals surface area contributed by atoms with Gasteiger partial charge in [-0.25, -0.2) is 13.2 Å². The van der Waals surface area contributed by atoms with E-state index in [0.29, 0.717) is 16.7 Å². The number of aromatic nitrogens is 1. The number of carbonyl (C=O) groups is 3. The molecule has 11 heteroatoms. The number of alkyl halides is 6. The van der Waals surface area contributed by atoms with Crippen molar-refractivity contribution in [3.05, 3.63) is 93.8 Å². The summed E-state index contributed by atoms with van der Waals surface area (Å²) in [6.45, 7) is 2.25. The van der Waals surface area contributed by atoms with E-state index in [2.05, 4.69) is 4.98 Å². The Morgan fingerprint density at radius 3 is 2.38 bits per heavy atom. The molecule has 3 aromatic rings. The first-order chi connectivity index (χ1) is 18.6. The maximum absolute atomic E-state index is 13.8. The summed E-state index contributed by atoms with van der Waals surface area (Å²) < 4.78 is 80.5. The highest BCUT2D eigenvalue weighted by atomic mass is 19.4. The smallest absolute Gasteiger partial charge is 0.304 e. The summed E-state index contributed by atoms with van der Waals surface area (Å²) in [6, 6.07) is 10.1. The van der Waals surface area contributed by atoms with Crippen LogP contribution >= 0.6 is 0 Å². The van der Waals surface area contributed by atoms with Crippen molar-refractivity contribution in [1.29, 1.82) is 0 Å². The van der Waals surface area contributed by atoms with E-state index in [4.69, 9.17) is 0 Å². The molecule has 5 nitrogen and oxygen atoms in total. The molecule has 0 aliphatic carbocycles. The number of hydrogen-bond donors (Lipinski definition) is 0. The van der Waals surface area contributed by atoms with E-state index in [9.17, 15) is 40.7 Å². The van der Waals surface area contributed by atoms with Crippen molar-refractivity contribution in [2.24, 2.45) is 0 Å². The first-order valence-corrected chi connectivity index (χ1v) is 12.3. The first-order valence-electron chi connectivity index (χ1n) is 12.3. The summed E-state index contributed by atoms with van der Waals surface area (Å²) in [4.78, 5) is 42.9. The van der Waals surface area contributed by atoms with Gasteiger partial charge in [-0.1, -0.05) is 18.2 Å². The summed E-state index contributed by atoms with van der Waals surface area (Å²) in [5, 5.41) is 0. The van der Waals surface area contributed by atoms with Crippen molar-refractivity contribution in [3.63, 3.8) is 0 Å². The molecule has 0 radical (unpaired) electrons. The summed E-state index contributed by atoms with van der Waals surface area (Å²) in [5.41, 5.74) is -2.61. The highest BCUT2D eigenvalue weighted by Gasteiger charge is 2.34. The molecular formula is C29H24F6N2O3. The van der Waals surface area contributed by atoms with E-state index in [0.717, 1.165) is 32.2 Å². The van der Waals surface area contributed by atoms with E-state index in [1.165, 1.54) is 29.2 Å². The molecule has 40 heavy (non-hydrogen) atoms. The molecule has 0 bridgehead atoms. The molecule has 0 N–H and O–H groups in total. The van der Waals surface area contributed by atoms with Crippen LogP contribution in [0.4, 0.5) is 32.0 Å². The standard InChI is InChI=1S/C29H24F6N2O3/c1-28(2,32)24(39)9-7-17-11-22(25(26(30)31)36-14-17)23(38)12-16-6-8-18-15-37(27(40)21(18)10-16)20-5-3-4-19(13-20)29(33,34)35/h3-6,8,10-11,13-14,26H,7,9,12,15H2,1-2H3. The third-order valence-electron chi connectivity index (χ3n) is 6.61. The van der Waals surface area contributed by atoms with Crippen LogP contribution in [-0.4, -0.2) is 28.1 Å². The zero-order valence-corrected chi connectivity index (χ0v) is 21.5. The quantitative estimate of drug-likeness (QED) is 0.211. The second kappa shape index (κ2) is 10.9. The number of carbonyl (C=O) groups excluding carboxylic acids is 3. The van der Waals surface area contributed by atoms with Crippen LogP contribution in [0.2, 0.25) is 0 Å². The number of anilines is 1. The van der Waals surface area contributed by atoms with Gasteiger partial charge in [0.15, 0.2) is 17.2 Å². The van der Waals surface area contributed by atoms with Gasteiger partial charge in [0.1, 0.15) is 5.69 Å². The second-order valence-electron chi connectivity index (χ2n) is 10.0. The molecule has 210 valence electrons. The van der Waals surface area contributed by atoms with Crippen LogP contribution in [0.1, 0.15) is 75.4 Å². The minimum absolute atomic E-state index is 0.00169. The van der Waals surface area contributed by atoms with Gasteiger partial charge in [0.25, 0.3) is 12.3 Å². The molecule has 2 heterocycles. The van der Waals surface area contributed by atoms with Gasteiger partial charge < -0.3 is 4.90 Å². The number of fused-ring (bicyclic) bond motifs is 1. The molecule has 0 atom stereocenters. The van der Waals surface area contributed by atoms with Crippen molar-refractivity contribution in [2.45, 2.75) is 57.9 Å². The molecule has 0 fully saturated rings. The zero-order valence-electron chi connectivity index (χ0n) is 21.5. The summed E-state index contributed by atoms with van der Waals surface area (Å²) in [7, 11) is 0. The number of ketones is 2. The van der Waals surface area contributed by atoms with Gasteiger partial charge in [-0.15, -0.1) is 0 Å². The summed E-state index contributed by atoms with van der Waals surface area (Å²) in [5.74, 6) is -1.94. The highest BCUT2D eigenvalue weighted by molar-refractivity contribution is 6.10. The van der Waals surface area contributed by atoms with Gasteiger partial charge in [-0.2, -0.15) is 13.2 Å². The summed E-state index contributed by atoms with van der Waals surface area (Å²) >= 11 is 0. The predicted molar refractivity (Wildman–Crippen MR) is 134 cm³/mol. The van der Waals surface area contributed by atoms with Crippen molar-refractivity contribution >= 4 is 23.2 Å². The number of Topliss-reactive ketones (excluding diaryl/α,β-unsaturated/α-hetero) is 2. The molecule has 0 saturated carbocycles. The van der Waals surface area contributed by atoms with E-state index in [1.807, 2.05) is 0 Å². The van der Waals surface area contributed by atoms with Gasteiger partial charge in [0.2, 0.25) is 0 Å². The fraction of sp³-hybridized carbons (Fsp3) is 0.310. The number of hydrogen-bond acceptors (Lipinski definition) is 4. The Bertz CT molecular complexity index is 1480. The Hall–Kier alpha value is -4.02. The van der Waals surface area contributed by atoms with Gasteiger partial charge in [0.05, 0.1) is 12.1 Å². The SMILES string of the molecule is CC(C)(F)C(=O)CCc1cnc(C(F)F)c(C(=O)Cc2ccc3c(c2)C(=O)N(c2cccc(C(F)(F)F)c2)C3)c1. The number of amides is 1. The van der Waals surface area contributed by atoms with E-state index in [-0.39, 0.29) is 42.6 Å². The molecule has 0 spiro atoms. The van der Waals surface area contributed by atoms with Crippen molar-refractivity contribution in [1.82, 2.24) is 4.98 Å². The monoisotopic (exact) mass is 562 g/mol. The number of pyridine rings is 1. The first kappa shape index (κ1) is 29.0. The van der Waals surface area contributed by atoms with Gasteiger partial charge in [-0.05, 0) is 67.3 Å². The average Bonchev–Trinajstić information content (AvgIpc) is 3.21. The molecule has 1 aliphatic rings. The van der Waals surface area contributed by atoms with Gasteiger partial charge in [0, 0.05) is 35.9 Å². The van der Waals surface area contributed by atoms with E-state index < -0.39 is 47.0 Å². The Morgan fingerprint density at radius 1 is 1.00 bits per heavy atom. The fourth-order valence-electron chi connectivity index (χ4n) is 4.41. The lowest BCUT2D eigenvalue weighted by atomic mass is 9.95. The minimum Gasteiger partial charge on any atom is -0.304 e. The predicted octanol–water partition coefficient (Wildman–Crippen LogP) is 6.87. The van der Waals surface area contributed by atoms with Crippen LogP contribution in [-0.2, 0) is 30.4 Å².